The van der Waals surface area contributed by atoms with E-state index >= 15 is 0 Å². The number of hydrogen-bond acceptors (Lipinski definition) is 6. The van der Waals surface area contributed by atoms with Gasteiger partial charge in [-0.1, -0.05) is 24.3 Å². The first-order chi connectivity index (χ1) is 18.1. The second kappa shape index (κ2) is 11.5. The van der Waals surface area contributed by atoms with Gasteiger partial charge in [-0.25, -0.2) is 4.98 Å². The molecule has 0 radical (unpaired) electrons. The van der Waals surface area contributed by atoms with Gasteiger partial charge in [0.25, 0.3) is 5.91 Å². The minimum atomic E-state index is -4.53. The molecule has 0 saturated carbocycles. The molecule has 0 unspecified atom stereocenters. The summed E-state index contributed by atoms with van der Waals surface area (Å²) in [6, 6.07) is 13.2. The van der Waals surface area contributed by atoms with Gasteiger partial charge in [0.15, 0.2) is 0 Å². The van der Waals surface area contributed by atoms with E-state index in [4.69, 9.17) is 16.2 Å². The van der Waals surface area contributed by atoms with Crippen molar-refractivity contribution in [1.29, 1.82) is 0 Å². The van der Waals surface area contributed by atoms with Gasteiger partial charge >= 0.3 is 6.18 Å². The zero-order chi connectivity index (χ0) is 27.0. The lowest BCUT2D eigenvalue weighted by atomic mass is 10.0. The molecular formula is C27H29ClF3N5O2S. The highest BCUT2D eigenvalue weighted by molar-refractivity contribution is 7.16. The highest BCUT2D eigenvalue weighted by Crippen LogP contribution is 2.39. The van der Waals surface area contributed by atoms with E-state index < -0.39 is 23.8 Å². The van der Waals surface area contributed by atoms with Crippen molar-refractivity contribution in [3.05, 3.63) is 76.4 Å². The minimum absolute atomic E-state index is 0. The standard InChI is InChI=1S/C27H28F3N5O2S.ClH/c1-16(19-4-2-3-5-20(19)27(28,29)30)37-23-13-24(38-25(23)26(32)36)35-15-33-21-7-6-17(12-22(21)35)14-34-10-8-18(31)9-11-34;/h2-7,12-13,15-16,18H,8-11,14,31H2,1H3,(H2,32,36);1H/t16-;/m1./s1. The average molecular weight is 580 g/mol. The van der Waals surface area contributed by atoms with Crippen LogP contribution >= 0.6 is 23.7 Å². The number of thiophene rings is 1. The maximum absolute atomic E-state index is 13.5. The summed E-state index contributed by atoms with van der Waals surface area (Å²) in [5, 5.41) is 0.619. The predicted molar refractivity (Wildman–Crippen MR) is 148 cm³/mol. The zero-order valence-corrected chi connectivity index (χ0v) is 22.8. The Hall–Kier alpha value is -3.12. The Bertz CT molecular complexity index is 1460. The van der Waals surface area contributed by atoms with Crippen LogP contribution in [0.15, 0.2) is 54.9 Å². The van der Waals surface area contributed by atoms with Crippen molar-refractivity contribution in [3.63, 3.8) is 0 Å². The SMILES string of the molecule is C[C@@H](Oc1cc(-n2cnc3ccc(CN4CCC(N)CC4)cc32)sc1C(N)=O)c1ccccc1C(F)(F)F.Cl. The molecule has 1 atom stereocenters. The van der Waals surface area contributed by atoms with Crippen LogP contribution < -0.4 is 16.2 Å². The molecule has 2 aromatic heterocycles. The summed E-state index contributed by atoms with van der Waals surface area (Å²) in [6.45, 7) is 4.19. The molecule has 0 aliphatic carbocycles. The molecule has 5 rings (SSSR count). The number of aromatic nitrogens is 2. The van der Waals surface area contributed by atoms with Crippen molar-refractivity contribution in [2.75, 3.05) is 13.1 Å². The van der Waals surface area contributed by atoms with Crippen LogP contribution in [0.3, 0.4) is 0 Å². The molecule has 12 heteroatoms. The first-order valence-electron chi connectivity index (χ1n) is 12.3. The minimum Gasteiger partial charge on any atom is -0.484 e. The smallest absolute Gasteiger partial charge is 0.416 e. The van der Waals surface area contributed by atoms with Gasteiger partial charge < -0.3 is 16.2 Å². The number of nitrogens with zero attached hydrogens (tertiary/aromatic N) is 3. The molecule has 1 aliphatic rings. The van der Waals surface area contributed by atoms with Gasteiger partial charge in [-0.05, 0) is 56.6 Å². The van der Waals surface area contributed by atoms with Crippen molar-refractivity contribution in [2.45, 2.75) is 44.6 Å². The van der Waals surface area contributed by atoms with Crippen molar-refractivity contribution in [2.24, 2.45) is 11.5 Å². The molecule has 2 aromatic carbocycles. The number of rotatable bonds is 7. The Labute approximate surface area is 234 Å². The summed E-state index contributed by atoms with van der Waals surface area (Å²) < 4.78 is 48.4. The molecule has 7 nitrogen and oxygen atoms in total. The Kier molecular flexibility index (Phi) is 8.55. The first kappa shape index (κ1) is 28.9. The molecule has 0 spiro atoms. The quantitative estimate of drug-likeness (QED) is 0.293. The van der Waals surface area contributed by atoms with Gasteiger partial charge in [0.05, 0.1) is 16.6 Å². The number of alkyl halides is 3. The normalized spacial score (nSPS) is 15.7. The van der Waals surface area contributed by atoms with Crippen LogP contribution in [0.4, 0.5) is 13.2 Å². The molecule has 3 heterocycles. The number of amides is 1. The van der Waals surface area contributed by atoms with Crippen molar-refractivity contribution in [3.8, 4) is 10.8 Å². The molecule has 39 heavy (non-hydrogen) atoms. The van der Waals surface area contributed by atoms with Gasteiger partial charge in [0.1, 0.15) is 28.1 Å². The number of benzene rings is 2. The fraction of sp³-hybridized carbons (Fsp3) is 0.333. The van der Waals surface area contributed by atoms with Gasteiger partial charge in [-0.15, -0.1) is 23.7 Å². The molecule has 1 saturated heterocycles. The van der Waals surface area contributed by atoms with Crippen LogP contribution in [0.5, 0.6) is 5.75 Å². The third-order valence-corrected chi connectivity index (χ3v) is 7.93. The van der Waals surface area contributed by atoms with Gasteiger partial charge in [-0.3, -0.25) is 14.3 Å². The van der Waals surface area contributed by atoms with Gasteiger partial charge in [0.2, 0.25) is 0 Å². The number of hydrogen-bond donors (Lipinski definition) is 2. The summed E-state index contributed by atoms with van der Waals surface area (Å²) >= 11 is 1.11. The van der Waals surface area contributed by atoms with Crippen LogP contribution in [0.2, 0.25) is 0 Å². The molecule has 1 amide bonds. The van der Waals surface area contributed by atoms with E-state index in [-0.39, 0.29) is 34.6 Å². The number of halogens is 4. The number of nitrogens with two attached hydrogens (primary N) is 2. The Morgan fingerprint density at radius 3 is 2.59 bits per heavy atom. The summed E-state index contributed by atoms with van der Waals surface area (Å²) in [4.78, 5) is 19.2. The lowest BCUT2D eigenvalue weighted by Gasteiger charge is -2.30. The number of primary amides is 1. The third-order valence-electron chi connectivity index (χ3n) is 6.80. The van der Waals surface area contributed by atoms with Gasteiger partial charge in [0, 0.05) is 24.2 Å². The summed E-state index contributed by atoms with van der Waals surface area (Å²) in [5.41, 5.74) is 13.6. The zero-order valence-electron chi connectivity index (χ0n) is 21.1. The number of likely N-dealkylation sites (tertiary alicyclic amines) is 1. The highest BCUT2D eigenvalue weighted by Gasteiger charge is 2.35. The van der Waals surface area contributed by atoms with Crippen molar-refractivity contribution >= 4 is 40.7 Å². The fourth-order valence-corrected chi connectivity index (χ4v) is 5.73. The third kappa shape index (κ3) is 6.22. The van der Waals surface area contributed by atoms with E-state index in [1.807, 2.05) is 16.7 Å². The van der Waals surface area contributed by atoms with Crippen molar-refractivity contribution < 1.29 is 22.7 Å². The van der Waals surface area contributed by atoms with E-state index in [0.29, 0.717) is 5.00 Å². The number of ether oxygens (including phenoxy) is 1. The fourth-order valence-electron chi connectivity index (χ4n) is 4.80. The Morgan fingerprint density at radius 2 is 1.90 bits per heavy atom. The topological polar surface area (TPSA) is 99.4 Å². The van der Waals surface area contributed by atoms with Crippen molar-refractivity contribution in [1.82, 2.24) is 14.5 Å². The molecule has 1 aliphatic heterocycles. The molecule has 0 bridgehead atoms. The second-order valence-electron chi connectivity index (χ2n) is 9.54. The number of piperidine rings is 1. The lowest BCUT2D eigenvalue weighted by Crippen LogP contribution is -2.39. The molecule has 208 valence electrons. The van der Waals surface area contributed by atoms with Crippen LogP contribution in [0, 0.1) is 0 Å². The maximum atomic E-state index is 13.5. The van der Waals surface area contributed by atoms with E-state index in [9.17, 15) is 18.0 Å². The average Bonchev–Trinajstić information content (AvgIpc) is 3.49. The molecule has 4 aromatic rings. The monoisotopic (exact) mass is 579 g/mol. The largest absolute Gasteiger partial charge is 0.484 e. The number of imidazole rings is 1. The number of carbonyl (C=O) groups is 1. The summed E-state index contributed by atoms with van der Waals surface area (Å²) in [7, 11) is 0. The van der Waals surface area contributed by atoms with E-state index in [1.165, 1.54) is 25.1 Å². The number of fused-ring (bicyclic) bond motifs is 1. The molecular weight excluding hydrogens is 551 g/mol. The van der Waals surface area contributed by atoms with Gasteiger partial charge in [-0.2, -0.15) is 13.2 Å². The molecule has 1 fully saturated rings. The molecule has 4 N–H and O–H groups in total. The highest BCUT2D eigenvalue weighted by atomic mass is 35.5. The second-order valence-corrected chi connectivity index (χ2v) is 10.6. The van der Waals surface area contributed by atoms with Crippen LogP contribution in [0.1, 0.15) is 52.2 Å². The van der Waals surface area contributed by atoms with Crippen LogP contribution in [-0.2, 0) is 12.7 Å². The lowest BCUT2D eigenvalue weighted by molar-refractivity contribution is -0.139. The summed E-state index contributed by atoms with van der Waals surface area (Å²) in [5.74, 6) is -0.592. The van der Waals surface area contributed by atoms with Crippen LogP contribution in [0.25, 0.3) is 16.0 Å². The van der Waals surface area contributed by atoms with E-state index in [1.54, 1.807) is 12.4 Å². The Balaban J connectivity index is 0.00000353. The summed E-state index contributed by atoms with van der Waals surface area (Å²) in [6.07, 6.45) is -1.91. The Morgan fingerprint density at radius 1 is 1.18 bits per heavy atom. The van der Waals surface area contributed by atoms with E-state index in [2.05, 4.69) is 16.0 Å². The van der Waals surface area contributed by atoms with E-state index in [0.717, 1.165) is 66.5 Å². The maximum Gasteiger partial charge on any atom is 0.416 e. The predicted octanol–water partition coefficient (Wildman–Crippen LogP) is 5.69. The first-order valence-corrected chi connectivity index (χ1v) is 13.1. The van der Waals surface area contributed by atoms with Crippen LogP contribution in [-0.4, -0.2) is 39.5 Å². The number of carbonyl (C=O) groups excluding carboxylic acids is 1.